The molecule has 1 aliphatic rings. The molecule has 0 aromatic carbocycles. The second-order valence-electron chi connectivity index (χ2n) is 5.26. The number of hydrogen-bond donors (Lipinski definition) is 2. The number of carbonyl (C=O) groups excluding carboxylic acids is 1. The van der Waals surface area contributed by atoms with Crippen molar-refractivity contribution in [2.75, 3.05) is 13.7 Å². The Kier molecular flexibility index (Phi) is 5.35. The van der Waals surface area contributed by atoms with E-state index in [1.54, 1.807) is 19.5 Å². The van der Waals surface area contributed by atoms with E-state index in [1.165, 1.54) is 0 Å². The second kappa shape index (κ2) is 7.24. The van der Waals surface area contributed by atoms with Gasteiger partial charge in [0.2, 0.25) is 5.91 Å². The van der Waals surface area contributed by atoms with Crippen LogP contribution in [0, 0.1) is 5.92 Å². The Labute approximate surface area is 119 Å². The van der Waals surface area contributed by atoms with E-state index in [4.69, 9.17) is 9.84 Å². The summed E-state index contributed by atoms with van der Waals surface area (Å²) in [6, 6.07) is 2.03. The summed E-state index contributed by atoms with van der Waals surface area (Å²) in [4.78, 5) is 16.0. The first kappa shape index (κ1) is 14.8. The van der Waals surface area contributed by atoms with E-state index in [9.17, 15) is 4.79 Å². The van der Waals surface area contributed by atoms with Crippen LogP contribution < -0.4 is 10.1 Å². The fourth-order valence-corrected chi connectivity index (χ4v) is 2.31. The molecule has 20 heavy (non-hydrogen) atoms. The predicted molar refractivity (Wildman–Crippen MR) is 75.5 cm³/mol. The smallest absolute Gasteiger partial charge is 0.220 e. The van der Waals surface area contributed by atoms with Gasteiger partial charge in [0.15, 0.2) is 0 Å². The van der Waals surface area contributed by atoms with Gasteiger partial charge in [-0.3, -0.25) is 9.78 Å². The number of aliphatic hydroxyl groups is 1. The number of methoxy groups -OCH3 is 1. The molecule has 1 unspecified atom stereocenters. The number of ether oxygens (including phenoxy) is 1. The van der Waals surface area contributed by atoms with Crippen LogP contribution in [-0.2, 0) is 11.2 Å². The molecule has 1 saturated carbocycles. The lowest BCUT2D eigenvalue weighted by molar-refractivity contribution is -0.122. The van der Waals surface area contributed by atoms with Crippen molar-refractivity contribution in [3.05, 3.63) is 24.0 Å². The van der Waals surface area contributed by atoms with Gasteiger partial charge in [-0.05, 0) is 43.2 Å². The van der Waals surface area contributed by atoms with Crippen molar-refractivity contribution >= 4 is 5.91 Å². The maximum Gasteiger partial charge on any atom is 0.220 e. The first-order valence-corrected chi connectivity index (χ1v) is 7.11. The fourth-order valence-electron chi connectivity index (χ4n) is 2.31. The molecular weight excluding hydrogens is 256 g/mol. The van der Waals surface area contributed by atoms with Gasteiger partial charge in [0.05, 0.1) is 13.3 Å². The highest BCUT2D eigenvalue weighted by molar-refractivity contribution is 5.76. The second-order valence-corrected chi connectivity index (χ2v) is 5.26. The number of aliphatic hydroxyl groups excluding tert-OH is 1. The quantitative estimate of drug-likeness (QED) is 0.752. The maximum absolute atomic E-state index is 11.9. The van der Waals surface area contributed by atoms with Crippen LogP contribution in [-0.4, -0.2) is 35.8 Å². The van der Waals surface area contributed by atoms with Gasteiger partial charge in [-0.25, -0.2) is 0 Å². The monoisotopic (exact) mass is 278 g/mol. The molecule has 0 spiro atoms. The summed E-state index contributed by atoms with van der Waals surface area (Å²) in [5.41, 5.74) is 0.990. The van der Waals surface area contributed by atoms with Crippen molar-refractivity contribution in [1.29, 1.82) is 0 Å². The molecule has 1 fully saturated rings. The molecule has 0 bridgehead atoms. The van der Waals surface area contributed by atoms with Gasteiger partial charge in [-0.1, -0.05) is 0 Å². The summed E-state index contributed by atoms with van der Waals surface area (Å²) in [6.07, 6.45) is 7.44. The van der Waals surface area contributed by atoms with Crippen molar-refractivity contribution in [3.8, 4) is 5.75 Å². The Morgan fingerprint density at radius 2 is 2.35 bits per heavy atom. The molecule has 0 aliphatic heterocycles. The maximum atomic E-state index is 11.9. The van der Waals surface area contributed by atoms with Gasteiger partial charge in [0.1, 0.15) is 5.75 Å². The third kappa shape index (κ3) is 4.49. The fraction of sp³-hybridized carbons (Fsp3) is 0.600. The van der Waals surface area contributed by atoms with Crippen molar-refractivity contribution in [1.82, 2.24) is 10.3 Å². The van der Waals surface area contributed by atoms with Crippen LogP contribution in [0.1, 0.15) is 31.2 Å². The highest BCUT2D eigenvalue weighted by atomic mass is 16.5. The lowest BCUT2D eigenvalue weighted by atomic mass is 10.1. The van der Waals surface area contributed by atoms with Gasteiger partial charge in [0.25, 0.3) is 0 Å². The Hall–Kier alpha value is -1.62. The predicted octanol–water partition coefficient (Wildman–Crippen LogP) is 1.30. The molecular formula is C15H22N2O3. The van der Waals surface area contributed by atoms with Crippen LogP contribution >= 0.6 is 0 Å². The van der Waals surface area contributed by atoms with Crippen LogP contribution in [0.3, 0.4) is 0 Å². The molecule has 1 aromatic heterocycles. The van der Waals surface area contributed by atoms with E-state index < -0.39 is 0 Å². The molecule has 1 amide bonds. The molecule has 1 atom stereocenters. The largest absolute Gasteiger partial charge is 0.495 e. The lowest BCUT2D eigenvalue weighted by Crippen LogP contribution is -2.37. The van der Waals surface area contributed by atoms with Crippen molar-refractivity contribution in [3.63, 3.8) is 0 Å². The van der Waals surface area contributed by atoms with Crippen LogP contribution in [0.5, 0.6) is 5.75 Å². The molecule has 110 valence electrons. The molecule has 5 heteroatoms. The Morgan fingerprint density at radius 3 is 3.00 bits per heavy atom. The summed E-state index contributed by atoms with van der Waals surface area (Å²) in [5, 5.41) is 12.0. The van der Waals surface area contributed by atoms with Crippen LogP contribution in [0.4, 0.5) is 0 Å². The molecule has 1 aliphatic carbocycles. The van der Waals surface area contributed by atoms with Crippen LogP contribution in [0.2, 0.25) is 0 Å². The van der Waals surface area contributed by atoms with E-state index >= 15 is 0 Å². The summed E-state index contributed by atoms with van der Waals surface area (Å²) in [7, 11) is 1.60. The van der Waals surface area contributed by atoms with Crippen molar-refractivity contribution in [2.24, 2.45) is 5.92 Å². The summed E-state index contributed by atoms with van der Waals surface area (Å²) >= 11 is 0. The number of nitrogens with zero attached hydrogens (tertiary/aromatic N) is 1. The SMILES string of the molecule is COc1cncc(CCC(=O)NC(CCO)C2CC2)c1. The summed E-state index contributed by atoms with van der Waals surface area (Å²) in [5.74, 6) is 1.31. The van der Waals surface area contributed by atoms with Gasteiger partial charge in [-0.15, -0.1) is 0 Å². The molecule has 2 rings (SSSR count). The van der Waals surface area contributed by atoms with E-state index in [-0.39, 0.29) is 18.6 Å². The number of amides is 1. The average Bonchev–Trinajstić information content (AvgIpc) is 3.29. The van der Waals surface area contributed by atoms with E-state index in [0.29, 0.717) is 30.9 Å². The van der Waals surface area contributed by atoms with Gasteiger partial charge < -0.3 is 15.2 Å². The Balaban J connectivity index is 1.78. The first-order chi connectivity index (χ1) is 9.72. The number of pyridine rings is 1. The van der Waals surface area contributed by atoms with Gasteiger partial charge >= 0.3 is 0 Å². The minimum atomic E-state index is 0.0400. The highest BCUT2D eigenvalue weighted by Gasteiger charge is 2.31. The number of aromatic nitrogens is 1. The third-order valence-corrected chi connectivity index (χ3v) is 3.62. The number of nitrogens with one attached hydrogen (secondary N) is 1. The topological polar surface area (TPSA) is 71.5 Å². The minimum Gasteiger partial charge on any atom is -0.495 e. The zero-order chi connectivity index (χ0) is 14.4. The Bertz CT molecular complexity index is 446. The van der Waals surface area contributed by atoms with Crippen molar-refractivity contribution < 1.29 is 14.6 Å². The lowest BCUT2D eigenvalue weighted by Gasteiger charge is -2.17. The highest BCUT2D eigenvalue weighted by Crippen LogP contribution is 2.33. The van der Waals surface area contributed by atoms with E-state index in [0.717, 1.165) is 18.4 Å². The minimum absolute atomic E-state index is 0.0400. The van der Waals surface area contributed by atoms with Crippen molar-refractivity contribution in [2.45, 2.75) is 38.1 Å². The molecule has 2 N–H and O–H groups in total. The number of rotatable bonds is 8. The first-order valence-electron chi connectivity index (χ1n) is 7.11. The van der Waals surface area contributed by atoms with Gasteiger partial charge in [-0.2, -0.15) is 0 Å². The van der Waals surface area contributed by atoms with Crippen LogP contribution in [0.15, 0.2) is 18.5 Å². The van der Waals surface area contributed by atoms with Gasteiger partial charge in [0, 0.05) is 25.3 Å². The standard InChI is InChI=1S/C15H22N2O3/c1-20-13-8-11(9-16-10-13)2-5-15(19)17-14(6-7-18)12-3-4-12/h8-10,12,14,18H,2-7H2,1H3,(H,17,19). The van der Waals surface area contributed by atoms with Crippen LogP contribution in [0.25, 0.3) is 0 Å². The zero-order valence-corrected chi connectivity index (χ0v) is 11.8. The number of aryl methyl sites for hydroxylation is 1. The summed E-state index contributed by atoms with van der Waals surface area (Å²) < 4.78 is 5.11. The van der Waals surface area contributed by atoms with E-state index in [2.05, 4.69) is 10.3 Å². The summed E-state index contributed by atoms with van der Waals surface area (Å²) in [6.45, 7) is 0.126. The molecule has 5 nitrogen and oxygen atoms in total. The molecule has 0 saturated heterocycles. The third-order valence-electron chi connectivity index (χ3n) is 3.62. The normalized spacial score (nSPS) is 15.7. The number of hydrogen-bond acceptors (Lipinski definition) is 4. The molecule has 1 aromatic rings. The molecule has 0 radical (unpaired) electrons. The zero-order valence-electron chi connectivity index (χ0n) is 11.8. The number of carbonyl (C=O) groups is 1. The Morgan fingerprint density at radius 1 is 1.55 bits per heavy atom. The average molecular weight is 278 g/mol. The van der Waals surface area contributed by atoms with E-state index in [1.807, 2.05) is 6.07 Å². The molecule has 1 heterocycles.